The van der Waals surface area contributed by atoms with Crippen LogP contribution in [0.1, 0.15) is 92.5 Å². The lowest BCUT2D eigenvalue weighted by Gasteiger charge is -2.32. The Kier molecular flexibility index (Phi) is 7.96. The molecule has 9 rings (SSSR count). The molecule has 0 atom stereocenters. The number of benzene rings is 6. The van der Waals surface area contributed by atoms with Gasteiger partial charge >= 0.3 is 0 Å². The molecule has 0 N–H and O–H groups in total. The van der Waals surface area contributed by atoms with Gasteiger partial charge in [0.25, 0.3) is 0 Å². The van der Waals surface area contributed by atoms with Crippen LogP contribution in [0.2, 0.25) is 0 Å². The zero-order chi connectivity index (χ0) is 33.7. The van der Waals surface area contributed by atoms with Gasteiger partial charge in [-0.2, -0.15) is 0 Å². The Hall–Kier alpha value is -4.88. The molecule has 0 spiro atoms. The lowest BCUT2D eigenvalue weighted by Crippen LogP contribution is -2.18. The van der Waals surface area contributed by atoms with Crippen molar-refractivity contribution in [1.29, 1.82) is 0 Å². The predicted molar refractivity (Wildman–Crippen MR) is 212 cm³/mol. The molecule has 0 heterocycles. The van der Waals surface area contributed by atoms with Crippen molar-refractivity contribution in [1.82, 2.24) is 0 Å². The van der Waals surface area contributed by atoms with E-state index in [4.69, 9.17) is 0 Å². The summed E-state index contributed by atoms with van der Waals surface area (Å²) in [7, 11) is 0. The monoisotopic (exact) mass is 649 g/mol. The maximum Gasteiger partial charge on any atom is 0.0496 e. The van der Waals surface area contributed by atoms with E-state index in [1.165, 1.54) is 130 Å². The topological polar surface area (TPSA) is 3.24 Å². The van der Waals surface area contributed by atoms with Crippen LogP contribution in [0.4, 0.5) is 17.1 Å². The number of aryl methyl sites for hydroxylation is 2. The van der Waals surface area contributed by atoms with Gasteiger partial charge in [-0.3, -0.25) is 0 Å². The molecule has 0 amide bonds. The van der Waals surface area contributed by atoms with E-state index in [1.54, 1.807) is 5.56 Å². The average Bonchev–Trinajstić information content (AvgIpc) is 3.41. The first-order valence-electron chi connectivity index (χ1n) is 19.0. The molecule has 1 saturated carbocycles. The van der Waals surface area contributed by atoms with Crippen molar-refractivity contribution in [2.75, 3.05) is 4.90 Å². The van der Waals surface area contributed by atoms with Gasteiger partial charge in [0.15, 0.2) is 0 Å². The molecule has 1 heteroatoms. The van der Waals surface area contributed by atoms with Crippen LogP contribution in [0.15, 0.2) is 133 Å². The second-order valence-corrected chi connectivity index (χ2v) is 15.4. The predicted octanol–water partition coefficient (Wildman–Crippen LogP) is 13.7. The van der Waals surface area contributed by atoms with Crippen LogP contribution in [-0.2, 0) is 18.3 Å². The summed E-state index contributed by atoms with van der Waals surface area (Å²) in [5, 5.41) is 0. The lowest BCUT2D eigenvalue weighted by molar-refractivity contribution is 0.444. The van der Waals surface area contributed by atoms with Gasteiger partial charge in [0.2, 0.25) is 0 Å². The molecule has 3 aliphatic carbocycles. The second-order valence-electron chi connectivity index (χ2n) is 15.4. The molecule has 1 nitrogen and oxygen atoms in total. The number of nitrogens with zero attached hydrogens (tertiary/aromatic N) is 1. The van der Waals surface area contributed by atoms with Crippen LogP contribution in [0.3, 0.4) is 0 Å². The summed E-state index contributed by atoms with van der Waals surface area (Å²) in [6, 6.07) is 50.8. The number of para-hydroxylation sites is 1. The van der Waals surface area contributed by atoms with Crippen LogP contribution in [0, 0.1) is 0 Å². The van der Waals surface area contributed by atoms with Crippen molar-refractivity contribution in [3.63, 3.8) is 0 Å². The molecule has 0 unspecified atom stereocenters. The van der Waals surface area contributed by atoms with Crippen LogP contribution in [-0.4, -0.2) is 0 Å². The van der Waals surface area contributed by atoms with Crippen LogP contribution in [0.5, 0.6) is 0 Å². The number of hydrogen-bond donors (Lipinski definition) is 0. The minimum absolute atomic E-state index is 0.115. The number of fused-ring (bicyclic) bond motifs is 4. The third kappa shape index (κ3) is 5.39. The van der Waals surface area contributed by atoms with Gasteiger partial charge in [-0.25, -0.2) is 0 Å². The summed E-state index contributed by atoms with van der Waals surface area (Å²) in [4.78, 5) is 2.55. The van der Waals surface area contributed by atoms with Crippen molar-refractivity contribution in [2.24, 2.45) is 0 Å². The fourth-order valence-corrected chi connectivity index (χ4v) is 9.37. The van der Waals surface area contributed by atoms with Gasteiger partial charge in [0, 0.05) is 22.5 Å². The first-order chi connectivity index (χ1) is 24.6. The van der Waals surface area contributed by atoms with E-state index in [0.717, 1.165) is 0 Å². The second kappa shape index (κ2) is 12.8. The van der Waals surface area contributed by atoms with E-state index in [1.807, 2.05) is 0 Å². The highest BCUT2D eigenvalue weighted by Gasteiger charge is 2.37. The number of rotatable bonds is 6. The molecule has 0 bridgehead atoms. The van der Waals surface area contributed by atoms with Crippen molar-refractivity contribution in [3.05, 3.63) is 161 Å². The van der Waals surface area contributed by atoms with Crippen molar-refractivity contribution < 1.29 is 0 Å². The van der Waals surface area contributed by atoms with Crippen LogP contribution in [0.25, 0.3) is 33.4 Å². The van der Waals surface area contributed by atoms with Gasteiger partial charge in [0.1, 0.15) is 0 Å². The Balaban J connectivity index is 1.17. The highest BCUT2D eigenvalue weighted by molar-refractivity contribution is 5.94. The normalized spacial score (nSPS) is 16.4. The molecule has 6 aromatic carbocycles. The van der Waals surface area contributed by atoms with E-state index < -0.39 is 0 Å². The molecular weight excluding hydrogens is 603 g/mol. The minimum atomic E-state index is -0.115. The molecule has 0 aliphatic heterocycles. The standard InChI is InChI=1S/C49H47N/c1-49(2)45-22-13-21-43(37-17-7-4-8-18-37)48(45)44-31-30-41(33-46(44)49)50(47-23-12-11-20-42(47)36-15-5-3-6-16-36)40-28-26-35(27-29-40)39-25-24-34-14-9-10-19-38(34)32-39/h4,7-8,11-13,17-18,20-33,36H,3,5-6,9-10,14-16,19H2,1-2H3. The Bertz CT molecular complexity index is 2160. The van der Waals surface area contributed by atoms with E-state index in [-0.39, 0.29) is 5.41 Å². The Morgan fingerprint density at radius 2 is 1.22 bits per heavy atom. The summed E-state index contributed by atoms with van der Waals surface area (Å²) in [6.45, 7) is 4.81. The molecule has 0 radical (unpaired) electrons. The molecular formula is C49H47N. The molecule has 1 fully saturated rings. The first-order valence-corrected chi connectivity index (χ1v) is 19.0. The highest BCUT2D eigenvalue weighted by Crippen LogP contribution is 2.54. The molecule has 6 aromatic rings. The maximum atomic E-state index is 2.55. The number of anilines is 3. The zero-order valence-electron chi connectivity index (χ0n) is 29.6. The maximum absolute atomic E-state index is 2.55. The Morgan fingerprint density at radius 1 is 0.500 bits per heavy atom. The summed E-state index contributed by atoms with van der Waals surface area (Å²) in [5.74, 6) is 0.598. The fraction of sp³-hybridized carbons (Fsp3) is 0.265. The van der Waals surface area contributed by atoms with Crippen molar-refractivity contribution >= 4 is 17.1 Å². The van der Waals surface area contributed by atoms with Gasteiger partial charge in [-0.1, -0.05) is 136 Å². The van der Waals surface area contributed by atoms with Gasteiger partial charge in [-0.15, -0.1) is 0 Å². The Morgan fingerprint density at radius 3 is 2.04 bits per heavy atom. The van der Waals surface area contributed by atoms with E-state index in [0.29, 0.717) is 5.92 Å². The highest BCUT2D eigenvalue weighted by atomic mass is 15.1. The molecule has 50 heavy (non-hydrogen) atoms. The largest absolute Gasteiger partial charge is 0.310 e. The fourth-order valence-electron chi connectivity index (χ4n) is 9.37. The van der Waals surface area contributed by atoms with E-state index in [2.05, 4.69) is 152 Å². The molecule has 3 aliphatic rings. The van der Waals surface area contributed by atoms with Crippen molar-refractivity contribution in [3.8, 4) is 33.4 Å². The zero-order valence-corrected chi connectivity index (χ0v) is 29.6. The van der Waals surface area contributed by atoms with E-state index in [9.17, 15) is 0 Å². The average molecular weight is 650 g/mol. The third-order valence-electron chi connectivity index (χ3n) is 12.1. The minimum Gasteiger partial charge on any atom is -0.310 e. The smallest absolute Gasteiger partial charge is 0.0496 e. The van der Waals surface area contributed by atoms with Crippen LogP contribution >= 0.6 is 0 Å². The van der Waals surface area contributed by atoms with Gasteiger partial charge in [0.05, 0.1) is 0 Å². The van der Waals surface area contributed by atoms with Gasteiger partial charge < -0.3 is 4.90 Å². The molecule has 248 valence electrons. The first kappa shape index (κ1) is 31.1. The summed E-state index contributed by atoms with van der Waals surface area (Å²) in [6.07, 6.45) is 11.6. The van der Waals surface area contributed by atoms with E-state index >= 15 is 0 Å². The third-order valence-corrected chi connectivity index (χ3v) is 12.1. The molecule has 0 aromatic heterocycles. The Labute approximate surface area is 298 Å². The summed E-state index contributed by atoms with van der Waals surface area (Å²) in [5.41, 5.74) is 19.0. The lowest BCUT2D eigenvalue weighted by atomic mass is 9.81. The summed E-state index contributed by atoms with van der Waals surface area (Å²) >= 11 is 0. The summed E-state index contributed by atoms with van der Waals surface area (Å²) < 4.78 is 0. The van der Waals surface area contributed by atoms with Crippen molar-refractivity contribution in [2.45, 2.75) is 83.0 Å². The number of hydrogen-bond acceptors (Lipinski definition) is 1. The SMILES string of the molecule is CC1(C)c2cc(N(c3ccc(-c4ccc5c(c4)CCCC5)cc3)c3ccccc3C3CCCCC3)ccc2-c2c(-c3ccccc3)cccc21. The molecule has 0 saturated heterocycles. The quantitative estimate of drug-likeness (QED) is 0.174. The van der Waals surface area contributed by atoms with Gasteiger partial charge in [-0.05, 0) is 136 Å². The van der Waals surface area contributed by atoms with Crippen LogP contribution < -0.4 is 4.90 Å².